The first kappa shape index (κ1) is 17.5. The minimum absolute atomic E-state index is 0.0694. The van der Waals surface area contributed by atoms with Gasteiger partial charge in [-0.1, -0.05) is 28.1 Å². The molecule has 0 saturated heterocycles. The predicted octanol–water partition coefficient (Wildman–Crippen LogP) is 4.44. The molecule has 0 aromatic heterocycles. The molecule has 122 valence electrons. The number of ether oxygens (including phenoxy) is 2. The number of hydrogen-bond acceptors (Lipinski definition) is 5. The van der Waals surface area contributed by atoms with Crippen molar-refractivity contribution in [3.05, 3.63) is 62.1 Å². The lowest BCUT2D eigenvalue weighted by molar-refractivity contribution is -0.384. The standard InChI is InChI=1S/C17H13BrN2O4/c1-23-16-8-12(15(18)9-17(16)24-2)6-13(10-19)11-4-3-5-14(7-11)20(21)22/h3-9H,1-2H3. The van der Waals surface area contributed by atoms with E-state index in [1.54, 1.807) is 30.3 Å². The molecule has 0 radical (unpaired) electrons. The SMILES string of the molecule is COc1cc(Br)c(C=C(C#N)c2cccc([N+](=O)[O-])c2)cc1OC. The molecule has 6 nitrogen and oxygen atoms in total. The van der Waals surface area contributed by atoms with Gasteiger partial charge in [-0.2, -0.15) is 5.26 Å². The van der Waals surface area contributed by atoms with Crippen LogP contribution in [0.5, 0.6) is 11.5 Å². The Labute approximate surface area is 147 Å². The fourth-order valence-electron chi connectivity index (χ4n) is 2.10. The van der Waals surface area contributed by atoms with Gasteiger partial charge in [0.25, 0.3) is 5.69 Å². The molecule has 2 aromatic carbocycles. The first-order valence-corrected chi connectivity index (χ1v) is 7.57. The van der Waals surface area contributed by atoms with Crippen LogP contribution in [-0.2, 0) is 0 Å². The Bertz CT molecular complexity index is 856. The first-order valence-electron chi connectivity index (χ1n) is 6.78. The molecule has 2 rings (SSSR count). The maximum Gasteiger partial charge on any atom is 0.270 e. The van der Waals surface area contributed by atoms with Crippen LogP contribution in [0.4, 0.5) is 5.69 Å². The largest absolute Gasteiger partial charge is 0.493 e. The molecule has 0 N–H and O–H groups in total. The lowest BCUT2D eigenvalue weighted by Crippen LogP contribution is -1.93. The number of nitrogens with zero attached hydrogens (tertiary/aromatic N) is 2. The van der Waals surface area contributed by atoms with E-state index < -0.39 is 4.92 Å². The van der Waals surface area contributed by atoms with Crippen molar-refractivity contribution in [2.45, 2.75) is 0 Å². The van der Waals surface area contributed by atoms with Crippen LogP contribution in [-0.4, -0.2) is 19.1 Å². The first-order chi connectivity index (χ1) is 11.5. The molecular formula is C17H13BrN2O4. The Hall–Kier alpha value is -2.85. The van der Waals surface area contributed by atoms with Crippen molar-refractivity contribution < 1.29 is 14.4 Å². The monoisotopic (exact) mass is 388 g/mol. The molecule has 0 spiro atoms. The van der Waals surface area contributed by atoms with Gasteiger partial charge in [-0.15, -0.1) is 0 Å². The van der Waals surface area contributed by atoms with E-state index in [9.17, 15) is 15.4 Å². The number of nitro groups is 1. The van der Waals surface area contributed by atoms with Crippen molar-refractivity contribution in [2.75, 3.05) is 14.2 Å². The van der Waals surface area contributed by atoms with Gasteiger partial charge in [0, 0.05) is 16.6 Å². The summed E-state index contributed by atoms with van der Waals surface area (Å²) in [6, 6.07) is 11.5. The van der Waals surface area contributed by atoms with E-state index in [-0.39, 0.29) is 5.69 Å². The molecule has 0 amide bonds. The van der Waals surface area contributed by atoms with E-state index in [1.165, 1.54) is 26.4 Å². The maximum atomic E-state index is 10.9. The zero-order valence-electron chi connectivity index (χ0n) is 12.9. The van der Waals surface area contributed by atoms with E-state index in [0.29, 0.717) is 32.7 Å². The van der Waals surface area contributed by atoms with Crippen LogP contribution in [0, 0.1) is 21.4 Å². The second kappa shape index (κ2) is 7.62. The van der Waals surface area contributed by atoms with Crippen molar-refractivity contribution in [3.8, 4) is 17.6 Å². The molecule has 24 heavy (non-hydrogen) atoms. The van der Waals surface area contributed by atoms with Crippen LogP contribution in [0.15, 0.2) is 40.9 Å². The number of methoxy groups -OCH3 is 2. The molecule has 0 unspecified atom stereocenters. The van der Waals surface area contributed by atoms with E-state index in [2.05, 4.69) is 22.0 Å². The third-order valence-corrected chi connectivity index (χ3v) is 3.98. The predicted molar refractivity (Wildman–Crippen MR) is 93.8 cm³/mol. The van der Waals surface area contributed by atoms with Crippen LogP contribution in [0.1, 0.15) is 11.1 Å². The van der Waals surface area contributed by atoms with Gasteiger partial charge in [-0.3, -0.25) is 10.1 Å². The van der Waals surface area contributed by atoms with Crippen LogP contribution in [0.3, 0.4) is 0 Å². The second-order valence-corrected chi connectivity index (χ2v) is 5.56. The summed E-state index contributed by atoms with van der Waals surface area (Å²) in [4.78, 5) is 10.4. The molecule has 0 saturated carbocycles. The molecular weight excluding hydrogens is 376 g/mol. The molecule has 2 aromatic rings. The number of non-ortho nitro benzene ring substituents is 1. The smallest absolute Gasteiger partial charge is 0.270 e. The molecule has 0 aliphatic heterocycles. The van der Waals surface area contributed by atoms with E-state index in [1.807, 2.05) is 0 Å². The van der Waals surface area contributed by atoms with Crippen molar-refractivity contribution in [1.29, 1.82) is 5.26 Å². The van der Waals surface area contributed by atoms with Gasteiger partial charge in [-0.25, -0.2) is 0 Å². The number of allylic oxidation sites excluding steroid dienone is 1. The third-order valence-electron chi connectivity index (χ3n) is 3.29. The van der Waals surface area contributed by atoms with Gasteiger partial charge in [0.2, 0.25) is 0 Å². The number of hydrogen-bond donors (Lipinski definition) is 0. The van der Waals surface area contributed by atoms with Gasteiger partial charge in [0.15, 0.2) is 11.5 Å². The molecule has 7 heteroatoms. The summed E-state index contributed by atoms with van der Waals surface area (Å²) in [6.07, 6.45) is 1.63. The van der Waals surface area contributed by atoms with Gasteiger partial charge >= 0.3 is 0 Å². The van der Waals surface area contributed by atoms with Gasteiger partial charge in [-0.05, 0) is 29.3 Å². The van der Waals surface area contributed by atoms with Gasteiger partial charge < -0.3 is 9.47 Å². The lowest BCUT2D eigenvalue weighted by atomic mass is 10.0. The highest BCUT2D eigenvalue weighted by atomic mass is 79.9. The number of nitriles is 1. The number of benzene rings is 2. The van der Waals surface area contributed by atoms with Gasteiger partial charge in [0.05, 0.1) is 30.8 Å². The fourth-order valence-corrected chi connectivity index (χ4v) is 2.54. The van der Waals surface area contributed by atoms with Crippen LogP contribution in [0.25, 0.3) is 11.6 Å². The summed E-state index contributed by atoms with van der Waals surface area (Å²) in [5, 5.41) is 20.3. The number of nitro benzene ring substituents is 1. The van der Waals surface area contributed by atoms with Crippen LogP contribution < -0.4 is 9.47 Å². The molecule has 0 bridgehead atoms. The number of rotatable bonds is 5. The van der Waals surface area contributed by atoms with Crippen LogP contribution >= 0.6 is 15.9 Å². The summed E-state index contributed by atoms with van der Waals surface area (Å²) in [6.45, 7) is 0. The second-order valence-electron chi connectivity index (χ2n) is 4.71. The minimum atomic E-state index is -0.495. The lowest BCUT2D eigenvalue weighted by Gasteiger charge is -2.10. The Morgan fingerprint density at radius 3 is 2.50 bits per heavy atom. The topological polar surface area (TPSA) is 85.4 Å². The Kier molecular flexibility index (Phi) is 5.55. The summed E-state index contributed by atoms with van der Waals surface area (Å²) in [5.74, 6) is 1.07. The zero-order chi connectivity index (χ0) is 17.7. The quantitative estimate of drug-likeness (QED) is 0.327. The summed E-state index contributed by atoms with van der Waals surface area (Å²) >= 11 is 3.42. The minimum Gasteiger partial charge on any atom is -0.493 e. The highest BCUT2D eigenvalue weighted by Gasteiger charge is 2.12. The Morgan fingerprint density at radius 1 is 1.25 bits per heavy atom. The number of halogens is 1. The normalized spacial score (nSPS) is 10.8. The highest BCUT2D eigenvalue weighted by molar-refractivity contribution is 9.10. The van der Waals surface area contributed by atoms with Crippen molar-refractivity contribution in [3.63, 3.8) is 0 Å². The average molecular weight is 389 g/mol. The van der Waals surface area contributed by atoms with E-state index in [4.69, 9.17) is 9.47 Å². The van der Waals surface area contributed by atoms with Gasteiger partial charge in [0.1, 0.15) is 0 Å². The zero-order valence-corrected chi connectivity index (χ0v) is 14.5. The summed E-state index contributed by atoms with van der Waals surface area (Å²) in [5.41, 5.74) is 1.38. The summed E-state index contributed by atoms with van der Waals surface area (Å²) < 4.78 is 11.2. The van der Waals surface area contributed by atoms with E-state index in [0.717, 1.165) is 0 Å². The van der Waals surface area contributed by atoms with Crippen LogP contribution in [0.2, 0.25) is 0 Å². The third kappa shape index (κ3) is 3.73. The summed E-state index contributed by atoms with van der Waals surface area (Å²) in [7, 11) is 3.05. The van der Waals surface area contributed by atoms with E-state index >= 15 is 0 Å². The Balaban J connectivity index is 2.54. The average Bonchev–Trinajstić information content (AvgIpc) is 2.60. The van der Waals surface area contributed by atoms with Crippen molar-refractivity contribution in [2.24, 2.45) is 0 Å². The maximum absolute atomic E-state index is 10.9. The fraction of sp³-hybridized carbons (Fsp3) is 0.118. The molecule has 0 aliphatic rings. The van der Waals surface area contributed by atoms with Crippen molar-refractivity contribution in [1.82, 2.24) is 0 Å². The molecule has 0 aliphatic carbocycles. The highest BCUT2D eigenvalue weighted by Crippen LogP contribution is 2.35. The molecule has 0 fully saturated rings. The molecule has 0 heterocycles. The molecule has 0 atom stereocenters. The van der Waals surface area contributed by atoms with Crippen molar-refractivity contribution >= 4 is 33.3 Å². The Morgan fingerprint density at radius 2 is 1.92 bits per heavy atom.